The van der Waals surface area contributed by atoms with Crippen molar-refractivity contribution >= 4 is 21.4 Å². The molecule has 0 spiro atoms. The van der Waals surface area contributed by atoms with Crippen LogP contribution < -0.4 is 5.32 Å². The first kappa shape index (κ1) is 18.6. The highest BCUT2D eigenvalue weighted by atomic mass is 32.2. The SMILES string of the molecule is CCNCc1cc(S(=O)(=O)N(CC)CCOCC)c(C)s1. The Kier molecular flexibility index (Phi) is 7.83. The van der Waals surface area contributed by atoms with E-state index in [1.54, 1.807) is 6.07 Å². The summed E-state index contributed by atoms with van der Waals surface area (Å²) in [5.74, 6) is 0. The predicted molar refractivity (Wildman–Crippen MR) is 87.4 cm³/mol. The highest BCUT2D eigenvalue weighted by Crippen LogP contribution is 2.28. The third-order valence-corrected chi connectivity index (χ3v) is 6.41. The minimum Gasteiger partial charge on any atom is -0.380 e. The Morgan fingerprint density at radius 2 is 2.05 bits per heavy atom. The molecule has 21 heavy (non-hydrogen) atoms. The first-order valence-electron chi connectivity index (χ1n) is 7.35. The predicted octanol–water partition coefficient (Wildman–Crippen LogP) is 2.21. The third kappa shape index (κ3) is 5.03. The van der Waals surface area contributed by atoms with Gasteiger partial charge in [0.25, 0.3) is 0 Å². The fraction of sp³-hybridized carbons (Fsp3) is 0.714. The van der Waals surface area contributed by atoms with Gasteiger partial charge in [-0.3, -0.25) is 0 Å². The van der Waals surface area contributed by atoms with Gasteiger partial charge in [0.15, 0.2) is 0 Å². The molecular weight excluding hydrogens is 308 g/mol. The van der Waals surface area contributed by atoms with Gasteiger partial charge in [-0.2, -0.15) is 4.31 Å². The second-order valence-corrected chi connectivity index (χ2v) is 7.85. The van der Waals surface area contributed by atoms with Gasteiger partial charge in [-0.25, -0.2) is 8.42 Å². The van der Waals surface area contributed by atoms with Crippen LogP contribution in [0.3, 0.4) is 0 Å². The molecule has 0 atom stereocenters. The van der Waals surface area contributed by atoms with Gasteiger partial charge in [-0.05, 0) is 26.5 Å². The minimum atomic E-state index is -3.43. The van der Waals surface area contributed by atoms with Crippen molar-refractivity contribution in [2.24, 2.45) is 0 Å². The van der Waals surface area contributed by atoms with E-state index in [0.717, 1.165) is 16.3 Å². The molecule has 7 heteroatoms. The largest absolute Gasteiger partial charge is 0.380 e. The number of ether oxygens (including phenoxy) is 1. The van der Waals surface area contributed by atoms with Crippen LogP contribution >= 0.6 is 11.3 Å². The number of likely N-dealkylation sites (N-methyl/N-ethyl adjacent to an activating group) is 1. The van der Waals surface area contributed by atoms with Crippen molar-refractivity contribution in [2.45, 2.75) is 39.1 Å². The average molecular weight is 335 g/mol. The van der Waals surface area contributed by atoms with Gasteiger partial charge >= 0.3 is 0 Å². The van der Waals surface area contributed by atoms with E-state index in [1.165, 1.54) is 15.6 Å². The second kappa shape index (κ2) is 8.85. The van der Waals surface area contributed by atoms with E-state index in [9.17, 15) is 8.42 Å². The molecule has 0 saturated heterocycles. The Balaban J connectivity index is 2.91. The van der Waals surface area contributed by atoms with Gasteiger partial charge in [-0.1, -0.05) is 13.8 Å². The molecule has 0 aromatic carbocycles. The van der Waals surface area contributed by atoms with Crippen molar-refractivity contribution in [2.75, 3.05) is 32.8 Å². The zero-order valence-corrected chi connectivity index (χ0v) is 14.9. The van der Waals surface area contributed by atoms with Crippen LogP contribution in [0, 0.1) is 6.92 Å². The summed E-state index contributed by atoms with van der Waals surface area (Å²) in [4.78, 5) is 2.32. The van der Waals surface area contributed by atoms with E-state index >= 15 is 0 Å². The van der Waals surface area contributed by atoms with Crippen LogP contribution in [0.5, 0.6) is 0 Å². The van der Waals surface area contributed by atoms with Crippen LogP contribution in [-0.4, -0.2) is 45.6 Å². The van der Waals surface area contributed by atoms with E-state index in [4.69, 9.17) is 4.74 Å². The molecule has 0 aliphatic heterocycles. The molecule has 0 amide bonds. The standard InChI is InChI=1S/C14H26N2O3S2/c1-5-15-11-13-10-14(12(4)20-13)21(17,18)16(6-2)8-9-19-7-3/h10,15H,5-9,11H2,1-4H3. The number of hydrogen-bond acceptors (Lipinski definition) is 5. The normalized spacial score (nSPS) is 12.2. The Morgan fingerprint density at radius 1 is 1.33 bits per heavy atom. The van der Waals surface area contributed by atoms with Crippen molar-refractivity contribution in [3.63, 3.8) is 0 Å². The van der Waals surface area contributed by atoms with E-state index < -0.39 is 10.0 Å². The molecule has 0 aliphatic carbocycles. The Labute approximate surface area is 132 Å². The molecule has 1 N–H and O–H groups in total. The first-order valence-corrected chi connectivity index (χ1v) is 9.60. The van der Waals surface area contributed by atoms with Crippen LogP contribution in [0.2, 0.25) is 0 Å². The van der Waals surface area contributed by atoms with Crippen LogP contribution in [-0.2, 0) is 21.3 Å². The molecular formula is C14H26N2O3S2. The van der Waals surface area contributed by atoms with E-state index in [-0.39, 0.29) is 0 Å². The average Bonchev–Trinajstić information content (AvgIpc) is 2.83. The zero-order chi connectivity index (χ0) is 15.9. The summed E-state index contributed by atoms with van der Waals surface area (Å²) < 4.78 is 32.2. The molecule has 0 fully saturated rings. The lowest BCUT2D eigenvalue weighted by atomic mass is 10.4. The number of hydrogen-bond donors (Lipinski definition) is 1. The van der Waals surface area contributed by atoms with E-state index in [0.29, 0.717) is 37.7 Å². The molecule has 1 rings (SSSR count). The van der Waals surface area contributed by atoms with Crippen LogP contribution in [0.1, 0.15) is 30.5 Å². The number of aryl methyl sites for hydroxylation is 1. The molecule has 0 saturated carbocycles. The lowest BCUT2D eigenvalue weighted by molar-refractivity contribution is 0.135. The molecule has 0 radical (unpaired) electrons. The summed E-state index contributed by atoms with van der Waals surface area (Å²) in [6.45, 7) is 11.1. The Hall–Kier alpha value is -0.470. The van der Waals surface area contributed by atoms with Gasteiger partial charge in [0.05, 0.1) is 11.5 Å². The molecule has 122 valence electrons. The van der Waals surface area contributed by atoms with Crippen LogP contribution in [0.25, 0.3) is 0 Å². The van der Waals surface area contributed by atoms with Crippen molar-refractivity contribution in [3.8, 4) is 0 Å². The summed E-state index contributed by atoms with van der Waals surface area (Å²) >= 11 is 1.54. The van der Waals surface area contributed by atoms with Crippen molar-refractivity contribution in [3.05, 3.63) is 15.8 Å². The lowest BCUT2D eigenvalue weighted by Crippen LogP contribution is -2.34. The zero-order valence-electron chi connectivity index (χ0n) is 13.3. The smallest absolute Gasteiger partial charge is 0.244 e. The van der Waals surface area contributed by atoms with Crippen molar-refractivity contribution in [1.82, 2.24) is 9.62 Å². The topological polar surface area (TPSA) is 58.6 Å². The van der Waals surface area contributed by atoms with Crippen molar-refractivity contribution in [1.29, 1.82) is 0 Å². The summed E-state index contributed by atoms with van der Waals surface area (Å²) in [6.07, 6.45) is 0. The fourth-order valence-electron chi connectivity index (χ4n) is 2.01. The quantitative estimate of drug-likeness (QED) is 0.667. The number of nitrogens with zero attached hydrogens (tertiary/aromatic N) is 1. The molecule has 1 aromatic rings. The van der Waals surface area contributed by atoms with Gasteiger partial charge < -0.3 is 10.1 Å². The molecule has 0 unspecified atom stereocenters. The maximum Gasteiger partial charge on any atom is 0.244 e. The van der Waals surface area contributed by atoms with Gasteiger partial charge in [0, 0.05) is 36.0 Å². The molecule has 0 bridgehead atoms. The van der Waals surface area contributed by atoms with Gasteiger partial charge in [0.1, 0.15) is 0 Å². The third-order valence-electron chi connectivity index (χ3n) is 3.13. The van der Waals surface area contributed by atoms with E-state index in [1.807, 2.05) is 27.7 Å². The number of sulfonamides is 1. The second-order valence-electron chi connectivity index (χ2n) is 4.61. The fourth-order valence-corrected chi connectivity index (χ4v) is 5.02. The lowest BCUT2D eigenvalue weighted by Gasteiger charge is -2.20. The number of thiophene rings is 1. The summed E-state index contributed by atoms with van der Waals surface area (Å²) in [5.41, 5.74) is 0. The highest BCUT2D eigenvalue weighted by Gasteiger charge is 2.26. The molecule has 0 aliphatic rings. The van der Waals surface area contributed by atoms with Gasteiger partial charge in [-0.15, -0.1) is 11.3 Å². The first-order chi connectivity index (χ1) is 9.97. The summed E-state index contributed by atoms with van der Waals surface area (Å²) in [6, 6.07) is 1.79. The maximum absolute atomic E-state index is 12.7. The minimum absolute atomic E-state index is 0.393. The Bertz CT molecular complexity index is 526. The van der Waals surface area contributed by atoms with Gasteiger partial charge in [0.2, 0.25) is 10.0 Å². The summed E-state index contributed by atoms with van der Waals surface area (Å²) in [7, 11) is -3.43. The molecule has 5 nitrogen and oxygen atoms in total. The van der Waals surface area contributed by atoms with Crippen LogP contribution in [0.15, 0.2) is 11.0 Å². The monoisotopic (exact) mass is 334 g/mol. The Morgan fingerprint density at radius 3 is 2.62 bits per heavy atom. The van der Waals surface area contributed by atoms with Crippen LogP contribution in [0.4, 0.5) is 0 Å². The van der Waals surface area contributed by atoms with Crippen molar-refractivity contribution < 1.29 is 13.2 Å². The molecule has 1 aromatic heterocycles. The number of rotatable bonds is 10. The number of nitrogens with one attached hydrogen (secondary N) is 1. The maximum atomic E-state index is 12.7. The van der Waals surface area contributed by atoms with E-state index in [2.05, 4.69) is 5.32 Å². The highest BCUT2D eigenvalue weighted by molar-refractivity contribution is 7.89. The molecule has 1 heterocycles. The summed E-state index contributed by atoms with van der Waals surface area (Å²) in [5, 5.41) is 3.22.